The predicted molar refractivity (Wildman–Crippen MR) is 122 cm³/mol. The number of carbonyl (C=O) groups is 1. The highest BCUT2D eigenvalue weighted by molar-refractivity contribution is 7.80. The quantitative estimate of drug-likeness (QED) is 0.675. The third kappa shape index (κ3) is 3.40. The summed E-state index contributed by atoms with van der Waals surface area (Å²) in [6.45, 7) is 6.38. The monoisotopic (exact) mass is 413 g/mol. The lowest BCUT2D eigenvalue weighted by Gasteiger charge is -2.46. The molecule has 0 spiro atoms. The van der Waals surface area contributed by atoms with Gasteiger partial charge in [-0.2, -0.15) is 0 Å². The van der Waals surface area contributed by atoms with Crippen molar-refractivity contribution in [3.8, 4) is 0 Å². The lowest BCUT2D eigenvalue weighted by Crippen LogP contribution is -2.56. The van der Waals surface area contributed by atoms with E-state index in [4.69, 9.17) is 12.2 Å². The fourth-order valence-electron chi connectivity index (χ4n) is 5.23. The van der Waals surface area contributed by atoms with Gasteiger partial charge in [-0.05, 0) is 50.9 Å². The van der Waals surface area contributed by atoms with Crippen LogP contribution in [0.4, 0.5) is 4.79 Å². The molecule has 7 heteroatoms. The molecule has 0 saturated carbocycles. The maximum Gasteiger partial charge on any atom is 0.317 e. The van der Waals surface area contributed by atoms with E-state index in [1.54, 1.807) is 0 Å². The number of nitrogens with zero attached hydrogens (tertiary/aromatic N) is 2. The van der Waals surface area contributed by atoms with Crippen LogP contribution in [0, 0.1) is 0 Å². The molecule has 0 radical (unpaired) electrons. The van der Waals surface area contributed by atoms with E-state index in [1.165, 1.54) is 16.5 Å². The Morgan fingerprint density at radius 1 is 1.34 bits per heavy atom. The molecule has 3 N–H and O–H groups in total. The number of likely N-dealkylation sites (N-methyl/N-ethyl adjacent to an activating group) is 1. The molecule has 0 unspecified atom stereocenters. The van der Waals surface area contributed by atoms with Gasteiger partial charge in [-0.25, -0.2) is 4.79 Å². The fraction of sp³-hybridized carbons (Fsp3) is 0.545. The number of benzene rings is 1. The van der Waals surface area contributed by atoms with Gasteiger partial charge in [0.25, 0.3) is 0 Å². The topological polar surface area (TPSA) is 63.4 Å². The van der Waals surface area contributed by atoms with Crippen LogP contribution in [0.15, 0.2) is 18.2 Å². The molecule has 4 rings (SSSR count). The third-order valence-corrected chi connectivity index (χ3v) is 7.09. The largest absolute Gasteiger partial charge is 0.378 e. The minimum absolute atomic E-state index is 0.0462. The van der Waals surface area contributed by atoms with Gasteiger partial charge in [0, 0.05) is 55.6 Å². The summed E-state index contributed by atoms with van der Waals surface area (Å²) < 4.78 is 0. The minimum atomic E-state index is 0.0462. The molecule has 1 fully saturated rings. The van der Waals surface area contributed by atoms with Crippen LogP contribution in [-0.4, -0.2) is 71.6 Å². The van der Waals surface area contributed by atoms with Crippen molar-refractivity contribution in [2.24, 2.45) is 0 Å². The van der Waals surface area contributed by atoms with Crippen molar-refractivity contribution in [2.45, 2.75) is 44.7 Å². The number of amides is 2. The summed E-state index contributed by atoms with van der Waals surface area (Å²) in [5, 5.41) is 7.73. The summed E-state index contributed by atoms with van der Waals surface area (Å²) >= 11 is 5.57. The Morgan fingerprint density at radius 2 is 2.10 bits per heavy atom. The second-order valence-corrected chi connectivity index (χ2v) is 8.61. The molecule has 3 atom stereocenters. The number of urea groups is 1. The molecule has 2 heterocycles. The van der Waals surface area contributed by atoms with Crippen molar-refractivity contribution >= 4 is 34.1 Å². The highest BCUT2D eigenvalue weighted by atomic mass is 32.1. The van der Waals surface area contributed by atoms with E-state index in [9.17, 15) is 4.79 Å². The summed E-state index contributed by atoms with van der Waals surface area (Å²) in [5.74, 6) is 0.402. The SMILES string of the molecule is CCN(CC)C(=O)N[C@H]1C[C@@H]2c3cccc4[nH]c(C(=S)NC)c(c34)C[C@H]2N(C)C1. The van der Waals surface area contributed by atoms with E-state index >= 15 is 0 Å². The zero-order valence-corrected chi connectivity index (χ0v) is 18.5. The number of fused-ring (bicyclic) bond motifs is 2. The Hall–Kier alpha value is -2.12. The number of H-pyrrole nitrogens is 1. The number of piperidine rings is 1. The normalized spacial score (nSPS) is 23.5. The van der Waals surface area contributed by atoms with Gasteiger partial charge in [-0.1, -0.05) is 24.4 Å². The van der Waals surface area contributed by atoms with E-state index in [0.29, 0.717) is 12.0 Å². The second kappa shape index (κ2) is 7.95. The predicted octanol–water partition coefficient (Wildman–Crippen LogP) is 2.83. The summed E-state index contributed by atoms with van der Waals surface area (Å²) in [6, 6.07) is 7.14. The van der Waals surface area contributed by atoms with E-state index in [2.05, 4.69) is 45.8 Å². The molecule has 6 nitrogen and oxygen atoms in total. The van der Waals surface area contributed by atoms with Gasteiger partial charge in [0.15, 0.2) is 0 Å². The zero-order chi connectivity index (χ0) is 20.7. The second-order valence-electron chi connectivity index (χ2n) is 8.20. The molecule has 29 heavy (non-hydrogen) atoms. The van der Waals surface area contributed by atoms with Gasteiger partial charge >= 0.3 is 6.03 Å². The Morgan fingerprint density at radius 3 is 2.79 bits per heavy atom. The van der Waals surface area contributed by atoms with Crippen molar-refractivity contribution in [3.63, 3.8) is 0 Å². The van der Waals surface area contributed by atoms with Crippen molar-refractivity contribution in [1.82, 2.24) is 25.4 Å². The lowest BCUT2D eigenvalue weighted by molar-refractivity contribution is 0.124. The highest BCUT2D eigenvalue weighted by Gasteiger charge is 2.41. The Labute approximate surface area is 178 Å². The number of rotatable bonds is 4. The van der Waals surface area contributed by atoms with Crippen LogP contribution < -0.4 is 10.6 Å². The molecule has 2 aliphatic rings. The number of nitrogens with one attached hydrogen (secondary N) is 3. The van der Waals surface area contributed by atoms with Crippen molar-refractivity contribution in [2.75, 3.05) is 33.7 Å². The average molecular weight is 414 g/mol. The Bertz CT molecular complexity index is 935. The van der Waals surface area contributed by atoms with Crippen molar-refractivity contribution in [1.29, 1.82) is 0 Å². The molecule has 1 saturated heterocycles. The fourth-order valence-corrected chi connectivity index (χ4v) is 5.40. The number of hydrogen-bond donors (Lipinski definition) is 3. The third-order valence-electron chi connectivity index (χ3n) is 6.68. The van der Waals surface area contributed by atoms with Gasteiger partial charge < -0.3 is 25.4 Å². The molecule has 0 bridgehead atoms. The minimum Gasteiger partial charge on any atom is -0.378 e. The summed E-state index contributed by atoms with van der Waals surface area (Å²) in [4.78, 5) is 21.2. The average Bonchev–Trinajstić information content (AvgIpc) is 3.09. The molecule has 1 aliphatic carbocycles. The summed E-state index contributed by atoms with van der Waals surface area (Å²) in [6.07, 6.45) is 1.95. The summed E-state index contributed by atoms with van der Waals surface area (Å²) in [7, 11) is 4.06. The Balaban J connectivity index is 1.67. The van der Waals surface area contributed by atoms with E-state index in [1.807, 2.05) is 25.8 Å². The maximum absolute atomic E-state index is 12.6. The van der Waals surface area contributed by atoms with Gasteiger partial charge in [-0.3, -0.25) is 0 Å². The number of aromatic amines is 1. The first-order chi connectivity index (χ1) is 14.0. The van der Waals surface area contributed by atoms with Gasteiger partial charge in [0.05, 0.1) is 5.69 Å². The zero-order valence-electron chi connectivity index (χ0n) is 17.7. The molecule has 2 aromatic rings. The molecule has 1 aromatic heterocycles. The van der Waals surface area contributed by atoms with Crippen LogP contribution in [-0.2, 0) is 6.42 Å². The Kier molecular flexibility index (Phi) is 5.53. The molecule has 2 amide bonds. The van der Waals surface area contributed by atoms with Crippen LogP contribution in [0.2, 0.25) is 0 Å². The first kappa shape index (κ1) is 20.2. The van der Waals surface area contributed by atoms with Gasteiger partial charge in [-0.15, -0.1) is 0 Å². The van der Waals surface area contributed by atoms with Crippen LogP contribution in [0.1, 0.15) is 43.0 Å². The van der Waals surface area contributed by atoms with Gasteiger partial charge in [0.1, 0.15) is 4.99 Å². The number of likely N-dealkylation sites (tertiary alicyclic amines) is 1. The van der Waals surface area contributed by atoms with Crippen LogP contribution in [0.3, 0.4) is 0 Å². The number of thiocarbonyl (C=S) groups is 1. The number of aromatic nitrogens is 1. The molecule has 1 aliphatic heterocycles. The first-order valence-electron chi connectivity index (χ1n) is 10.6. The number of hydrogen-bond acceptors (Lipinski definition) is 3. The molecule has 156 valence electrons. The van der Waals surface area contributed by atoms with Crippen LogP contribution in [0.25, 0.3) is 10.9 Å². The van der Waals surface area contributed by atoms with Gasteiger partial charge in [0.2, 0.25) is 0 Å². The van der Waals surface area contributed by atoms with Crippen molar-refractivity contribution < 1.29 is 4.79 Å². The first-order valence-corrected chi connectivity index (χ1v) is 11.0. The number of carbonyl (C=O) groups excluding carboxylic acids is 1. The van der Waals surface area contributed by atoms with E-state index < -0.39 is 0 Å². The van der Waals surface area contributed by atoms with Crippen LogP contribution >= 0.6 is 12.2 Å². The highest BCUT2D eigenvalue weighted by Crippen LogP contribution is 2.44. The molecular formula is C22H31N5OS. The maximum atomic E-state index is 12.6. The lowest BCUT2D eigenvalue weighted by atomic mass is 9.73. The van der Waals surface area contributed by atoms with Crippen molar-refractivity contribution in [3.05, 3.63) is 35.0 Å². The summed E-state index contributed by atoms with van der Waals surface area (Å²) in [5.41, 5.74) is 4.91. The van der Waals surface area contributed by atoms with E-state index in [0.717, 1.165) is 48.7 Å². The standard InChI is InChI=1S/C22H31N5OS/c1-5-27(6-2)22(28)24-13-10-15-14-8-7-9-17-19(14)16(11-18(15)26(4)12-13)20(25-17)21(29)23-3/h7-9,13,15,18,25H,5-6,10-12H2,1-4H3,(H,23,29)(H,24,28)/t13-,15+,18+/m0/s1. The smallest absolute Gasteiger partial charge is 0.317 e. The van der Waals surface area contributed by atoms with E-state index in [-0.39, 0.29) is 12.1 Å². The molecule has 1 aromatic carbocycles. The molecular weight excluding hydrogens is 382 g/mol. The van der Waals surface area contributed by atoms with Crippen LogP contribution in [0.5, 0.6) is 0 Å².